The maximum atomic E-state index is 6.74. The summed E-state index contributed by atoms with van der Waals surface area (Å²) in [4.78, 5) is 9.89. The molecule has 1 unspecified atom stereocenters. The maximum absolute atomic E-state index is 6.74. The van der Waals surface area contributed by atoms with Gasteiger partial charge in [0.1, 0.15) is 28.2 Å². The van der Waals surface area contributed by atoms with Crippen LogP contribution in [0.15, 0.2) is 206 Å². The standard InChI is InChI=1S/C50H35N3O2/c51-49(53-50(37-12-5-2-6-13-37)52-39-27-28-42-41-14-7-8-16-44(41)55-47(42)31-39)36-24-22-35(23-25-36)40-15-9-17-46-48(40)43-30-38(26-29-45(43)54-46)34-20-18-33(19-21-34)32-10-3-1-4-11-32/h1-22,24-31,35H,23H2,(H2,51,52,53). The van der Waals surface area contributed by atoms with Crippen LogP contribution < -0.4 is 5.73 Å². The van der Waals surface area contributed by atoms with Crippen molar-refractivity contribution in [3.63, 3.8) is 0 Å². The van der Waals surface area contributed by atoms with Crippen LogP contribution in [0.4, 0.5) is 5.69 Å². The summed E-state index contributed by atoms with van der Waals surface area (Å²) >= 11 is 0. The third-order valence-corrected chi connectivity index (χ3v) is 10.5. The van der Waals surface area contributed by atoms with Gasteiger partial charge in [-0.05, 0) is 70.6 Å². The van der Waals surface area contributed by atoms with Gasteiger partial charge in [-0.2, -0.15) is 0 Å². The van der Waals surface area contributed by atoms with Crippen LogP contribution in [0.1, 0.15) is 23.5 Å². The Morgan fingerprint density at radius 3 is 2.00 bits per heavy atom. The van der Waals surface area contributed by atoms with Gasteiger partial charge in [0.05, 0.1) is 5.69 Å². The second kappa shape index (κ2) is 13.6. The summed E-state index contributed by atoms with van der Waals surface area (Å²) in [7, 11) is 0. The molecule has 5 nitrogen and oxygen atoms in total. The molecule has 10 rings (SSSR count). The molecule has 0 spiro atoms. The van der Waals surface area contributed by atoms with E-state index in [4.69, 9.17) is 24.6 Å². The molecule has 2 N–H and O–H groups in total. The Morgan fingerprint density at radius 1 is 0.545 bits per heavy atom. The van der Waals surface area contributed by atoms with Crippen molar-refractivity contribution in [2.24, 2.45) is 15.7 Å². The molecule has 7 aromatic carbocycles. The first-order chi connectivity index (χ1) is 27.1. The summed E-state index contributed by atoms with van der Waals surface area (Å²) in [5.41, 5.74) is 18.6. The lowest BCUT2D eigenvalue weighted by atomic mass is 9.87. The average molecular weight is 710 g/mol. The highest BCUT2D eigenvalue weighted by atomic mass is 16.3. The Kier molecular flexibility index (Phi) is 8.03. The van der Waals surface area contributed by atoms with Gasteiger partial charge < -0.3 is 14.6 Å². The summed E-state index contributed by atoms with van der Waals surface area (Å²) < 4.78 is 12.5. The molecule has 55 heavy (non-hydrogen) atoms. The van der Waals surface area contributed by atoms with E-state index in [0.29, 0.717) is 11.7 Å². The Balaban J connectivity index is 0.948. The van der Waals surface area contributed by atoms with Gasteiger partial charge in [-0.15, -0.1) is 0 Å². The van der Waals surface area contributed by atoms with Gasteiger partial charge in [0, 0.05) is 44.7 Å². The zero-order valence-corrected chi connectivity index (χ0v) is 29.9. The van der Waals surface area contributed by atoms with Crippen molar-refractivity contribution in [3.05, 3.63) is 199 Å². The van der Waals surface area contributed by atoms with Gasteiger partial charge in [0.2, 0.25) is 0 Å². The second-order valence-corrected chi connectivity index (χ2v) is 13.9. The lowest BCUT2D eigenvalue weighted by Gasteiger charge is -2.18. The molecule has 2 aromatic heterocycles. The van der Waals surface area contributed by atoms with E-state index in [9.17, 15) is 0 Å². The molecular weight excluding hydrogens is 675 g/mol. The number of para-hydroxylation sites is 1. The van der Waals surface area contributed by atoms with Crippen LogP contribution in [-0.2, 0) is 0 Å². The minimum atomic E-state index is 0.146. The SMILES string of the molecule is NC(=NC(=Nc1ccc2c(c1)oc1ccccc12)c1ccccc1)C1=CCC(c2cccc3oc4ccc(-c5ccc(-c6ccccc6)cc5)cc4c23)C=C1. The second-order valence-electron chi connectivity index (χ2n) is 13.9. The number of allylic oxidation sites excluding steroid dienone is 2. The Morgan fingerprint density at radius 2 is 1.20 bits per heavy atom. The molecule has 262 valence electrons. The highest BCUT2D eigenvalue weighted by Gasteiger charge is 2.20. The van der Waals surface area contributed by atoms with Crippen molar-refractivity contribution >= 4 is 61.2 Å². The maximum Gasteiger partial charge on any atom is 0.162 e. The number of fused-ring (bicyclic) bond motifs is 6. The normalized spacial score (nSPS) is 15.0. The fraction of sp³-hybridized carbons (Fsp3) is 0.0400. The topological polar surface area (TPSA) is 77.0 Å². The first kappa shape index (κ1) is 32.4. The molecule has 0 radical (unpaired) electrons. The number of rotatable bonds is 6. The van der Waals surface area contributed by atoms with E-state index in [1.807, 2.05) is 66.7 Å². The smallest absolute Gasteiger partial charge is 0.162 e. The number of hydrogen-bond acceptors (Lipinski definition) is 3. The minimum Gasteiger partial charge on any atom is -0.456 e. The van der Waals surface area contributed by atoms with Crippen LogP contribution in [0.5, 0.6) is 0 Å². The first-order valence-corrected chi connectivity index (χ1v) is 18.5. The van der Waals surface area contributed by atoms with Crippen molar-refractivity contribution in [3.8, 4) is 22.3 Å². The molecule has 9 aromatic rings. The van der Waals surface area contributed by atoms with Crippen LogP contribution in [0.2, 0.25) is 0 Å². The number of hydrogen-bond donors (Lipinski definition) is 1. The van der Waals surface area contributed by atoms with Crippen LogP contribution in [0.3, 0.4) is 0 Å². The average Bonchev–Trinajstić information content (AvgIpc) is 3.82. The number of amidine groups is 2. The summed E-state index contributed by atoms with van der Waals surface area (Å²) in [5, 5.41) is 4.40. The van der Waals surface area contributed by atoms with E-state index in [1.54, 1.807) is 0 Å². The van der Waals surface area contributed by atoms with Gasteiger partial charge in [0.15, 0.2) is 5.84 Å². The van der Waals surface area contributed by atoms with E-state index in [-0.39, 0.29) is 5.92 Å². The van der Waals surface area contributed by atoms with E-state index in [2.05, 4.69) is 115 Å². The molecule has 0 amide bonds. The molecule has 0 saturated carbocycles. The molecule has 1 aliphatic rings. The number of nitrogens with zero attached hydrogens (tertiary/aromatic N) is 2. The number of benzene rings is 7. The molecule has 0 fully saturated rings. The number of furan rings is 2. The summed E-state index contributed by atoms with van der Waals surface area (Å²) in [6, 6.07) is 56.1. The fourth-order valence-electron chi connectivity index (χ4n) is 7.70. The van der Waals surface area contributed by atoms with E-state index >= 15 is 0 Å². The molecule has 0 bridgehead atoms. The number of nitrogens with two attached hydrogens (primary N) is 1. The van der Waals surface area contributed by atoms with Gasteiger partial charge >= 0.3 is 0 Å². The van der Waals surface area contributed by atoms with Gasteiger partial charge in [0.25, 0.3) is 0 Å². The van der Waals surface area contributed by atoms with E-state index < -0.39 is 0 Å². The molecule has 1 aliphatic carbocycles. The summed E-state index contributed by atoms with van der Waals surface area (Å²) in [6.45, 7) is 0. The highest BCUT2D eigenvalue weighted by molar-refractivity contribution is 6.13. The molecule has 0 saturated heterocycles. The fourth-order valence-corrected chi connectivity index (χ4v) is 7.70. The highest BCUT2D eigenvalue weighted by Crippen LogP contribution is 2.40. The van der Waals surface area contributed by atoms with Crippen molar-refractivity contribution < 1.29 is 8.83 Å². The molecular formula is C50H35N3O2. The van der Waals surface area contributed by atoms with E-state index in [1.165, 1.54) is 22.3 Å². The largest absolute Gasteiger partial charge is 0.456 e. The predicted octanol–water partition coefficient (Wildman–Crippen LogP) is 12.9. The lowest BCUT2D eigenvalue weighted by molar-refractivity contribution is 0.668. The zero-order valence-electron chi connectivity index (χ0n) is 29.9. The molecule has 5 heteroatoms. The van der Waals surface area contributed by atoms with Crippen LogP contribution >= 0.6 is 0 Å². The Hall–Kier alpha value is -7.24. The Bertz CT molecular complexity index is 3000. The van der Waals surface area contributed by atoms with Gasteiger partial charge in [-0.3, -0.25) is 0 Å². The lowest BCUT2D eigenvalue weighted by Crippen LogP contribution is -2.18. The third-order valence-electron chi connectivity index (χ3n) is 10.5. The monoisotopic (exact) mass is 709 g/mol. The number of aliphatic imine (C=N–C) groups is 2. The molecule has 2 heterocycles. The van der Waals surface area contributed by atoms with Crippen LogP contribution in [-0.4, -0.2) is 11.7 Å². The minimum absolute atomic E-state index is 0.146. The van der Waals surface area contributed by atoms with Crippen LogP contribution in [0, 0.1) is 0 Å². The first-order valence-electron chi connectivity index (χ1n) is 18.5. The Labute approximate surface area is 318 Å². The van der Waals surface area contributed by atoms with Crippen molar-refractivity contribution in [1.29, 1.82) is 0 Å². The van der Waals surface area contributed by atoms with Crippen molar-refractivity contribution in [2.75, 3.05) is 0 Å². The zero-order chi connectivity index (χ0) is 36.7. The van der Waals surface area contributed by atoms with Crippen molar-refractivity contribution in [1.82, 2.24) is 0 Å². The third kappa shape index (κ3) is 6.12. The molecule has 1 atom stereocenters. The van der Waals surface area contributed by atoms with E-state index in [0.717, 1.165) is 72.7 Å². The van der Waals surface area contributed by atoms with Gasteiger partial charge in [-0.25, -0.2) is 9.98 Å². The van der Waals surface area contributed by atoms with Crippen LogP contribution in [0.25, 0.3) is 66.1 Å². The molecule has 0 aliphatic heterocycles. The van der Waals surface area contributed by atoms with Gasteiger partial charge in [-0.1, -0.05) is 140 Å². The predicted molar refractivity (Wildman–Crippen MR) is 227 cm³/mol. The van der Waals surface area contributed by atoms with Crippen molar-refractivity contribution in [2.45, 2.75) is 12.3 Å². The summed E-state index contributed by atoms with van der Waals surface area (Å²) in [5.74, 6) is 1.09. The quantitative estimate of drug-likeness (QED) is 0.138. The summed E-state index contributed by atoms with van der Waals surface area (Å²) in [6.07, 6.45) is 7.26.